The lowest BCUT2D eigenvalue weighted by molar-refractivity contribution is 0.139. The number of fused-ring (bicyclic) bond motifs is 2. The first kappa shape index (κ1) is 16.6. The van der Waals surface area contributed by atoms with Crippen molar-refractivity contribution < 1.29 is 5.11 Å². The molecule has 1 heterocycles. The number of likely N-dealkylation sites (N-methyl/N-ethyl adjacent to an activating group) is 1. The maximum Gasteiger partial charge on any atom is 0.0909 e. The molecule has 3 heteroatoms. The molecule has 2 unspecified atom stereocenters. The highest BCUT2D eigenvalue weighted by Crippen LogP contribution is 2.52. The first-order valence-corrected chi connectivity index (χ1v) is 9.49. The van der Waals surface area contributed by atoms with Gasteiger partial charge in [-0.25, -0.2) is 0 Å². The Balaban J connectivity index is 1.77. The largest absolute Gasteiger partial charge is 0.389 e. The molecule has 1 spiro atoms. The van der Waals surface area contributed by atoms with Gasteiger partial charge in [-0.15, -0.1) is 0 Å². The average molecular weight is 336 g/mol. The van der Waals surface area contributed by atoms with Crippen LogP contribution in [0.15, 0.2) is 54.6 Å². The molecular formula is C22H28N2O. The second-order valence-electron chi connectivity index (χ2n) is 7.61. The van der Waals surface area contributed by atoms with Crippen molar-refractivity contribution in [1.29, 1.82) is 0 Å². The van der Waals surface area contributed by atoms with Gasteiger partial charge in [-0.2, -0.15) is 0 Å². The Morgan fingerprint density at radius 1 is 1.04 bits per heavy atom. The van der Waals surface area contributed by atoms with Crippen LogP contribution in [0.5, 0.6) is 0 Å². The predicted molar refractivity (Wildman–Crippen MR) is 103 cm³/mol. The van der Waals surface area contributed by atoms with Crippen molar-refractivity contribution in [3.8, 4) is 0 Å². The summed E-state index contributed by atoms with van der Waals surface area (Å²) >= 11 is 0. The molecule has 0 amide bonds. The zero-order valence-electron chi connectivity index (χ0n) is 15.0. The minimum absolute atomic E-state index is 0.0187. The molecule has 2 aromatic rings. The van der Waals surface area contributed by atoms with Crippen molar-refractivity contribution in [3.63, 3.8) is 0 Å². The Morgan fingerprint density at radius 3 is 2.44 bits per heavy atom. The summed E-state index contributed by atoms with van der Waals surface area (Å²) in [5.74, 6) is 0. The summed E-state index contributed by atoms with van der Waals surface area (Å²) in [6.45, 7) is 1.61. The molecule has 4 rings (SSSR count). The van der Waals surface area contributed by atoms with E-state index in [9.17, 15) is 5.11 Å². The summed E-state index contributed by atoms with van der Waals surface area (Å²) in [5.41, 5.74) is 4.27. The molecule has 2 atom stereocenters. The lowest BCUT2D eigenvalue weighted by Gasteiger charge is -2.36. The highest BCUT2D eigenvalue weighted by molar-refractivity contribution is 5.64. The molecule has 132 valence electrons. The van der Waals surface area contributed by atoms with Crippen LogP contribution in [0.1, 0.15) is 42.9 Å². The number of rotatable bonds is 5. The summed E-state index contributed by atoms with van der Waals surface area (Å²) in [7, 11) is 1.90. The number of benzene rings is 2. The minimum atomic E-state index is -0.447. The summed E-state index contributed by atoms with van der Waals surface area (Å²) < 4.78 is 0. The van der Waals surface area contributed by atoms with Crippen LogP contribution in [-0.2, 0) is 5.41 Å². The maximum atomic E-state index is 11.0. The predicted octanol–water partition coefficient (Wildman–Crippen LogP) is 3.64. The third-order valence-electron chi connectivity index (χ3n) is 6.07. The molecule has 2 aromatic carbocycles. The minimum Gasteiger partial charge on any atom is -0.389 e. The van der Waals surface area contributed by atoms with Gasteiger partial charge in [0, 0.05) is 24.2 Å². The van der Waals surface area contributed by atoms with Crippen LogP contribution in [0.25, 0.3) is 0 Å². The fraction of sp³-hybridized carbons (Fsp3) is 0.455. The van der Waals surface area contributed by atoms with Gasteiger partial charge in [0.1, 0.15) is 0 Å². The molecule has 0 aromatic heterocycles. The van der Waals surface area contributed by atoms with Crippen molar-refractivity contribution in [2.45, 2.75) is 43.2 Å². The normalized spacial score (nSPS) is 20.6. The summed E-state index contributed by atoms with van der Waals surface area (Å²) in [5, 5.41) is 14.1. The quantitative estimate of drug-likeness (QED) is 0.875. The SMILES string of the molecule is CNCC(O)C(c1ccccc1)N1CC2(CCCC2)c2ccccc21. The molecule has 1 aliphatic carbocycles. The van der Waals surface area contributed by atoms with E-state index in [0.717, 1.165) is 6.54 Å². The topological polar surface area (TPSA) is 35.5 Å². The van der Waals surface area contributed by atoms with Gasteiger partial charge >= 0.3 is 0 Å². The number of nitrogens with zero attached hydrogens (tertiary/aromatic N) is 1. The standard InChI is InChI=1S/C22H28N2O/c1-23-15-20(25)21(17-9-3-2-4-10-17)24-16-22(13-7-8-14-22)18-11-5-6-12-19(18)24/h2-6,9-12,20-21,23,25H,7-8,13-16H2,1H3. The number of hydrogen-bond acceptors (Lipinski definition) is 3. The van der Waals surface area contributed by atoms with E-state index in [-0.39, 0.29) is 11.5 Å². The highest BCUT2D eigenvalue weighted by atomic mass is 16.3. The second kappa shape index (κ2) is 6.81. The summed E-state index contributed by atoms with van der Waals surface area (Å²) in [4.78, 5) is 2.47. The zero-order chi connectivity index (χ0) is 17.3. The summed E-state index contributed by atoms with van der Waals surface area (Å²) in [6, 6.07) is 19.3. The molecule has 1 saturated carbocycles. The molecule has 2 aliphatic rings. The molecular weight excluding hydrogens is 308 g/mol. The fourth-order valence-corrected chi connectivity index (χ4v) is 4.98. The van der Waals surface area contributed by atoms with Crippen molar-refractivity contribution in [3.05, 3.63) is 65.7 Å². The van der Waals surface area contributed by atoms with Crippen LogP contribution < -0.4 is 10.2 Å². The zero-order valence-corrected chi connectivity index (χ0v) is 15.0. The number of para-hydroxylation sites is 1. The van der Waals surface area contributed by atoms with Crippen molar-refractivity contribution in [2.75, 3.05) is 25.0 Å². The number of hydrogen-bond donors (Lipinski definition) is 2. The van der Waals surface area contributed by atoms with E-state index in [4.69, 9.17) is 0 Å². The maximum absolute atomic E-state index is 11.0. The number of nitrogens with one attached hydrogen (secondary N) is 1. The van der Waals surface area contributed by atoms with Gasteiger partial charge in [-0.3, -0.25) is 0 Å². The van der Waals surface area contributed by atoms with Gasteiger partial charge in [-0.1, -0.05) is 61.4 Å². The molecule has 2 N–H and O–H groups in total. The molecule has 0 saturated heterocycles. The Kier molecular flexibility index (Phi) is 4.53. The van der Waals surface area contributed by atoms with Crippen LogP contribution >= 0.6 is 0 Å². The Hall–Kier alpha value is -1.84. The van der Waals surface area contributed by atoms with Gasteiger partial charge in [0.05, 0.1) is 12.1 Å². The van der Waals surface area contributed by atoms with Crippen LogP contribution in [0.2, 0.25) is 0 Å². The lowest BCUT2D eigenvalue weighted by Crippen LogP contribution is -2.42. The van der Waals surface area contributed by atoms with E-state index in [0.29, 0.717) is 6.54 Å². The first-order chi connectivity index (χ1) is 12.2. The molecule has 3 nitrogen and oxygen atoms in total. The third-order valence-corrected chi connectivity index (χ3v) is 6.07. The molecule has 0 bridgehead atoms. The smallest absolute Gasteiger partial charge is 0.0909 e. The van der Waals surface area contributed by atoms with E-state index >= 15 is 0 Å². The number of anilines is 1. The van der Waals surface area contributed by atoms with Crippen LogP contribution in [-0.4, -0.2) is 31.3 Å². The Bertz CT molecular complexity index is 709. The van der Waals surface area contributed by atoms with E-state index in [2.05, 4.69) is 58.7 Å². The van der Waals surface area contributed by atoms with E-state index < -0.39 is 6.10 Å². The van der Waals surface area contributed by atoms with Crippen molar-refractivity contribution >= 4 is 5.69 Å². The van der Waals surface area contributed by atoms with Gasteiger partial charge < -0.3 is 15.3 Å². The number of aliphatic hydroxyl groups is 1. The molecule has 0 radical (unpaired) electrons. The Labute approximate surface area is 150 Å². The van der Waals surface area contributed by atoms with Crippen LogP contribution in [0.3, 0.4) is 0 Å². The Morgan fingerprint density at radius 2 is 1.72 bits per heavy atom. The van der Waals surface area contributed by atoms with E-state index in [1.807, 2.05) is 13.1 Å². The summed E-state index contributed by atoms with van der Waals surface area (Å²) in [6.07, 6.45) is 4.72. The van der Waals surface area contributed by atoms with Gasteiger partial charge in [0.15, 0.2) is 0 Å². The van der Waals surface area contributed by atoms with Gasteiger partial charge in [0.2, 0.25) is 0 Å². The van der Waals surface area contributed by atoms with Crippen LogP contribution in [0, 0.1) is 0 Å². The molecule has 25 heavy (non-hydrogen) atoms. The first-order valence-electron chi connectivity index (χ1n) is 9.49. The number of aliphatic hydroxyl groups excluding tert-OH is 1. The third kappa shape index (κ3) is 2.86. The average Bonchev–Trinajstić information content (AvgIpc) is 3.24. The molecule has 1 fully saturated rings. The van der Waals surface area contributed by atoms with Gasteiger partial charge in [0.25, 0.3) is 0 Å². The molecule has 1 aliphatic heterocycles. The monoisotopic (exact) mass is 336 g/mol. The second-order valence-corrected chi connectivity index (χ2v) is 7.61. The van der Waals surface area contributed by atoms with Crippen LogP contribution in [0.4, 0.5) is 5.69 Å². The van der Waals surface area contributed by atoms with E-state index in [1.165, 1.54) is 42.5 Å². The lowest BCUT2D eigenvalue weighted by atomic mass is 9.81. The van der Waals surface area contributed by atoms with Crippen molar-refractivity contribution in [2.24, 2.45) is 0 Å². The van der Waals surface area contributed by atoms with E-state index in [1.54, 1.807) is 0 Å². The van der Waals surface area contributed by atoms with Gasteiger partial charge in [-0.05, 0) is 37.1 Å². The van der Waals surface area contributed by atoms with Crippen molar-refractivity contribution in [1.82, 2.24) is 5.32 Å². The highest BCUT2D eigenvalue weighted by Gasteiger charge is 2.47. The fourth-order valence-electron chi connectivity index (χ4n) is 4.98.